The average Bonchev–Trinajstić information content (AvgIpc) is 2.27. The van der Waals surface area contributed by atoms with Crippen molar-refractivity contribution in [2.24, 2.45) is 0 Å². The molecule has 0 aliphatic carbocycles. The number of nitrogens with zero attached hydrogens (tertiary/aromatic N) is 1. The Morgan fingerprint density at radius 2 is 2.12 bits per heavy atom. The summed E-state index contributed by atoms with van der Waals surface area (Å²) < 4.78 is 5.22. The molecule has 1 fully saturated rings. The minimum atomic E-state index is -0.138. The van der Waals surface area contributed by atoms with Crippen molar-refractivity contribution in [2.75, 3.05) is 40.4 Å². The van der Waals surface area contributed by atoms with Crippen LogP contribution in [0.4, 0.5) is 4.79 Å². The molecule has 0 radical (unpaired) electrons. The molecule has 2 amide bonds. The summed E-state index contributed by atoms with van der Waals surface area (Å²) in [5, 5.41) is 5.53. The molecule has 1 saturated heterocycles. The summed E-state index contributed by atoms with van der Waals surface area (Å²) in [4.78, 5) is 13.4. The van der Waals surface area contributed by atoms with Crippen LogP contribution in [0, 0.1) is 0 Å². The number of carbonyl (C=O) groups is 1. The predicted octanol–water partition coefficient (Wildman–Crippen LogP) is 0.541. The Morgan fingerprint density at radius 1 is 1.44 bits per heavy atom. The van der Waals surface area contributed by atoms with E-state index in [-0.39, 0.29) is 6.03 Å². The molecule has 5 nitrogen and oxygen atoms in total. The van der Waals surface area contributed by atoms with Gasteiger partial charge in [0.15, 0.2) is 0 Å². The Bertz CT molecular complexity index is 244. The van der Waals surface area contributed by atoms with E-state index in [1.807, 2.05) is 19.0 Å². The van der Waals surface area contributed by atoms with Gasteiger partial charge in [0.1, 0.15) is 0 Å². The van der Waals surface area contributed by atoms with Crippen molar-refractivity contribution in [3.8, 4) is 0 Å². The molecule has 1 heterocycles. The van der Waals surface area contributed by atoms with Crippen LogP contribution in [0.5, 0.6) is 0 Å². The molecular weight excluding hydrogens is 206 g/mol. The number of nitrogens with one attached hydrogen (secondary N) is 2. The zero-order chi connectivity index (χ0) is 11.8. The molecule has 0 saturated carbocycles. The lowest BCUT2D eigenvalue weighted by Gasteiger charge is -2.15. The van der Waals surface area contributed by atoms with E-state index < -0.39 is 0 Å². The van der Waals surface area contributed by atoms with Crippen LogP contribution < -0.4 is 10.6 Å². The van der Waals surface area contributed by atoms with E-state index in [4.69, 9.17) is 4.74 Å². The van der Waals surface area contributed by atoms with Gasteiger partial charge in [-0.05, 0) is 32.5 Å². The quantitative estimate of drug-likeness (QED) is 0.737. The third-order valence-corrected chi connectivity index (χ3v) is 2.39. The van der Waals surface area contributed by atoms with Crippen LogP contribution in [-0.4, -0.2) is 51.3 Å². The fourth-order valence-electron chi connectivity index (χ4n) is 1.39. The minimum Gasteiger partial charge on any atom is -0.381 e. The third-order valence-electron chi connectivity index (χ3n) is 2.39. The van der Waals surface area contributed by atoms with E-state index in [1.54, 1.807) is 6.20 Å². The smallest absolute Gasteiger partial charge is 0.318 e. The molecule has 0 aromatic carbocycles. The highest BCUT2D eigenvalue weighted by Crippen LogP contribution is 2.11. The second kappa shape index (κ2) is 7.24. The van der Waals surface area contributed by atoms with Crippen LogP contribution in [0.3, 0.4) is 0 Å². The number of hydrogen-bond acceptors (Lipinski definition) is 3. The van der Waals surface area contributed by atoms with Crippen LogP contribution in [0.15, 0.2) is 11.8 Å². The molecule has 0 unspecified atom stereocenters. The molecule has 2 N–H and O–H groups in total. The number of amides is 2. The Balaban J connectivity index is 2.13. The van der Waals surface area contributed by atoms with E-state index in [0.29, 0.717) is 6.54 Å². The molecule has 92 valence electrons. The molecule has 1 aliphatic heterocycles. The van der Waals surface area contributed by atoms with Crippen molar-refractivity contribution < 1.29 is 9.53 Å². The molecule has 16 heavy (non-hydrogen) atoms. The second-order valence-corrected chi connectivity index (χ2v) is 4.12. The largest absolute Gasteiger partial charge is 0.381 e. The highest BCUT2D eigenvalue weighted by Gasteiger charge is 2.05. The Labute approximate surface area is 96.8 Å². The Kier molecular flexibility index (Phi) is 5.88. The fraction of sp³-hybridized carbons (Fsp3) is 0.727. The van der Waals surface area contributed by atoms with Gasteiger partial charge in [-0.3, -0.25) is 0 Å². The lowest BCUT2D eigenvalue weighted by molar-refractivity contribution is 0.119. The van der Waals surface area contributed by atoms with Gasteiger partial charge in [0.2, 0.25) is 0 Å². The van der Waals surface area contributed by atoms with Crippen molar-refractivity contribution in [1.29, 1.82) is 0 Å². The van der Waals surface area contributed by atoms with Gasteiger partial charge in [-0.15, -0.1) is 0 Å². The van der Waals surface area contributed by atoms with Crippen LogP contribution in [-0.2, 0) is 4.74 Å². The van der Waals surface area contributed by atoms with Gasteiger partial charge in [0.25, 0.3) is 0 Å². The van der Waals surface area contributed by atoms with Gasteiger partial charge in [0.05, 0.1) is 13.2 Å². The first-order valence-corrected chi connectivity index (χ1v) is 5.63. The van der Waals surface area contributed by atoms with Crippen LogP contribution in [0.2, 0.25) is 0 Å². The van der Waals surface area contributed by atoms with Crippen LogP contribution in [0.1, 0.15) is 12.8 Å². The molecule has 0 spiro atoms. The van der Waals surface area contributed by atoms with E-state index in [0.717, 1.165) is 32.6 Å². The van der Waals surface area contributed by atoms with Crippen molar-refractivity contribution in [3.05, 3.63) is 11.8 Å². The van der Waals surface area contributed by atoms with Gasteiger partial charge < -0.3 is 20.3 Å². The summed E-state index contributed by atoms with van der Waals surface area (Å²) in [7, 11) is 3.95. The van der Waals surface area contributed by atoms with Gasteiger partial charge in [-0.1, -0.05) is 0 Å². The predicted molar refractivity (Wildman–Crippen MR) is 63.2 cm³/mol. The van der Waals surface area contributed by atoms with E-state index >= 15 is 0 Å². The average molecular weight is 227 g/mol. The van der Waals surface area contributed by atoms with Crippen LogP contribution >= 0.6 is 0 Å². The first-order chi connectivity index (χ1) is 7.68. The lowest BCUT2D eigenvalue weighted by atomic mass is 10.1. The second-order valence-electron chi connectivity index (χ2n) is 4.12. The van der Waals surface area contributed by atoms with E-state index in [1.165, 1.54) is 5.57 Å². The first-order valence-electron chi connectivity index (χ1n) is 5.63. The van der Waals surface area contributed by atoms with Crippen molar-refractivity contribution >= 4 is 6.03 Å². The van der Waals surface area contributed by atoms with E-state index in [2.05, 4.69) is 10.6 Å². The zero-order valence-corrected chi connectivity index (χ0v) is 10.1. The van der Waals surface area contributed by atoms with Gasteiger partial charge in [-0.2, -0.15) is 0 Å². The fourth-order valence-corrected chi connectivity index (χ4v) is 1.39. The highest BCUT2D eigenvalue weighted by molar-refractivity contribution is 5.74. The zero-order valence-electron chi connectivity index (χ0n) is 10.1. The van der Waals surface area contributed by atoms with Gasteiger partial charge >= 0.3 is 6.03 Å². The standard InChI is InChI=1S/C11H21N3O2/c1-14(2)6-5-12-11(15)13-9-10-3-7-16-8-4-10/h9H,3-8H2,1-2H3,(H2,12,13,15). The number of ether oxygens (including phenoxy) is 1. The summed E-state index contributed by atoms with van der Waals surface area (Å²) in [6, 6.07) is -0.138. The highest BCUT2D eigenvalue weighted by atomic mass is 16.5. The Morgan fingerprint density at radius 3 is 2.75 bits per heavy atom. The number of hydrogen-bond donors (Lipinski definition) is 2. The Hall–Kier alpha value is -1.07. The molecule has 1 aliphatic rings. The normalized spacial score (nSPS) is 16.1. The maximum absolute atomic E-state index is 11.4. The van der Waals surface area contributed by atoms with Crippen molar-refractivity contribution in [2.45, 2.75) is 12.8 Å². The summed E-state index contributed by atoms with van der Waals surface area (Å²) in [6.45, 7) is 3.02. The van der Waals surface area contributed by atoms with Gasteiger partial charge in [-0.25, -0.2) is 4.79 Å². The molecular formula is C11H21N3O2. The van der Waals surface area contributed by atoms with Crippen LogP contribution in [0.25, 0.3) is 0 Å². The lowest BCUT2D eigenvalue weighted by Crippen LogP contribution is -2.37. The monoisotopic (exact) mass is 227 g/mol. The number of urea groups is 1. The molecule has 0 aromatic heterocycles. The summed E-state index contributed by atoms with van der Waals surface area (Å²) in [5.41, 5.74) is 1.24. The van der Waals surface area contributed by atoms with Gasteiger partial charge in [0, 0.05) is 19.3 Å². The number of likely N-dealkylation sites (N-methyl/N-ethyl adjacent to an activating group) is 1. The van der Waals surface area contributed by atoms with Crippen molar-refractivity contribution in [1.82, 2.24) is 15.5 Å². The summed E-state index contributed by atoms with van der Waals surface area (Å²) in [5.74, 6) is 0. The maximum atomic E-state index is 11.4. The molecule has 0 aromatic rings. The number of carbonyl (C=O) groups excluding carboxylic acids is 1. The topological polar surface area (TPSA) is 53.6 Å². The minimum absolute atomic E-state index is 0.138. The molecule has 1 rings (SSSR count). The van der Waals surface area contributed by atoms with Crippen molar-refractivity contribution in [3.63, 3.8) is 0 Å². The third kappa shape index (κ3) is 5.72. The first kappa shape index (κ1) is 13.0. The summed E-state index contributed by atoms with van der Waals surface area (Å²) in [6.07, 6.45) is 3.63. The SMILES string of the molecule is CN(C)CCNC(=O)NC=C1CCOCC1. The summed E-state index contributed by atoms with van der Waals surface area (Å²) >= 11 is 0. The molecule has 0 bridgehead atoms. The maximum Gasteiger partial charge on any atom is 0.318 e. The molecule has 0 atom stereocenters. The number of rotatable bonds is 4. The van der Waals surface area contributed by atoms with E-state index in [9.17, 15) is 4.79 Å². The molecule has 5 heteroatoms.